The summed E-state index contributed by atoms with van der Waals surface area (Å²) in [6.07, 6.45) is 6.32. The van der Waals surface area contributed by atoms with Crippen molar-refractivity contribution in [1.82, 2.24) is 15.5 Å². The third-order valence-corrected chi connectivity index (χ3v) is 3.81. The van der Waals surface area contributed by atoms with Crippen LogP contribution < -0.4 is 10.6 Å². The molecule has 0 aromatic heterocycles. The molecule has 0 amide bonds. The first-order valence-electron chi connectivity index (χ1n) is 8.48. The minimum absolute atomic E-state index is 0.383. The van der Waals surface area contributed by atoms with E-state index in [1.165, 1.54) is 5.56 Å². The maximum absolute atomic E-state index is 5.32. The fourth-order valence-electron chi connectivity index (χ4n) is 2.61. The van der Waals surface area contributed by atoms with Gasteiger partial charge in [-0.25, -0.2) is 0 Å². The van der Waals surface area contributed by atoms with Crippen LogP contribution >= 0.6 is 0 Å². The summed E-state index contributed by atoms with van der Waals surface area (Å²) in [6.45, 7) is 10.6. The summed E-state index contributed by atoms with van der Waals surface area (Å²) in [7, 11) is 0. The number of hydrogen-bond donors (Lipinski definition) is 2. The van der Waals surface area contributed by atoms with Crippen LogP contribution in [0, 0.1) is 12.3 Å². The van der Waals surface area contributed by atoms with Gasteiger partial charge in [-0.3, -0.25) is 9.89 Å². The zero-order valence-corrected chi connectivity index (χ0v) is 14.7. The van der Waals surface area contributed by atoms with E-state index in [4.69, 9.17) is 11.4 Å². The number of hydrogen-bond acceptors (Lipinski definition) is 2. The van der Waals surface area contributed by atoms with Crippen molar-refractivity contribution in [2.45, 2.75) is 33.2 Å². The van der Waals surface area contributed by atoms with Gasteiger partial charge in [-0.1, -0.05) is 50.1 Å². The highest BCUT2D eigenvalue weighted by Gasteiger charge is 2.16. The Balaban J connectivity index is 2.80. The van der Waals surface area contributed by atoms with E-state index in [-0.39, 0.29) is 0 Å². The minimum atomic E-state index is 0.383. The topological polar surface area (TPSA) is 39.7 Å². The number of likely N-dealkylation sites (N-methyl/N-ethyl adjacent to an activating group) is 1. The molecular weight excluding hydrogens is 284 g/mol. The van der Waals surface area contributed by atoms with Gasteiger partial charge in [0.2, 0.25) is 0 Å². The molecule has 4 heteroatoms. The van der Waals surface area contributed by atoms with Crippen molar-refractivity contribution in [2.24, 2.45) is 4.99 Å². The van der Waals surface area contributed by atoms with Crippen molar-refractivity contribution in [1.29, 1.82) is 0 Å². The van der Waals surface area contributed by atoms with Gasteiger partial charge in [-0.15, -0.1) is 6.42 Å². The van der Waals surface area contributed by atoms with Crippen molar-refractivity contribution in [3.8, 4) is 12.3 Å². The number of guanidine groups is 1. The Kier molecular flexibility index (Phi) is 9.58. The highest BCUT2D eigenvalue weighted by Crippen LogP contribution is 2.09. The van der Waals surface area contributed by atoms with Crippen LogP contribution in [0.3, 0.4) is 0 Å². The predicted molar refractivity (Wildman–Crippen MR) is 99.7 cm³/mol. The largest absolute Gasteiger partial charge is 0.357 e. The summed E-state index contributed by atoms with van der Waals surface area (Å²) in [6, 6.07) is 11.0. The summed E-state index contributed by atoms with van der Waals surface area (Å²) in [4.78, 5) is 7.18. The lowest BCUT2D eigenvalue weighted by Gasteiger charge is -2.29. The molecule has 0 aliphatic carbocycles. The molecule has 0 aliphatic heterocycles. The van der Waals surface area contributed by atoms with E-state index >= 15 is 0 Å². The second kappa shape index (κ2) is 11.6. The molecule has 1 rings (SSSR count). The molecule has 4 nitrogen and oxygen atoms in total. The monoisotopic (exact) mass is 314 g/mol. The molecule has 1 atom stereocenters. The molecule has 0 bridgehead atoms. The van der Waals surface area contributed by atoms with Crippen LogP contribution in [-0.2, 0) is 6.42 Å². The molecule has 0 saturated carbocycles. The van der Waals surface area contributed by atoms with Gasteiger partial charge in [-0.2, -0.15) is 0 Å². The number of terminal acetylenes is 1. The maximum atomic E-state index is 5.32. The summed E-state index contributed by atoms with van der Waals surface area (Å²) in [5, 5.41) is 6.39. The summed E-state index contributed by atoms with van der Waals surface area (Å²) >= 11 is 0. The Bertz CT molecular complexity index is 486. The minimum Gasteiger partial charge on any atom is -0.357 e. The molecular formula is C19H30N4. The number of nitrogens with one attached hydrogen (secondary N) is 2. The molecule has 0 spiro atoms. The summed E-state index contributed by atoms with van der Waals surface area (Å²) in [5.74, 6) is 3.37. The summed E-state index contributed by atoms with van der Waals surface area (Å²) in [5.41, 5.74) is 1.35. The quantitative estimate of drug-likeness (QED) is 0.417. The fourth-order valence-corrected chi connectivity index (χ4v) is 2.61. The lowest BCUT2D eigenvalue weighted by Crippen LogP contribution is -2.42. The Morgan fingerprint density at radius 2 is 1.87 bits per heavy atom. The van der Waals surface area contributed by atoms with Crippen molar-refractivity contribution in [3.05, 3.63) is 35.9 Å². The van der Waals surface area contributed by atoms with Crippen molar-refractivity contribution in [2.75, 3.05) is 32.7 Å². The van der Waals surface area contributed by atoms with Gasteiger partial charge in [0.05, 0.1) is 13.1 Å². The fraction of sp³-hybridized carbons (Fsp3) is 0.526. The molecule has 0 radical (unpaired) electrons. The van der Waals surface area contributed by atoms with Crippen LogP contribution in [0.15, 0.2) is 35.3 Å². The maximum Gasteiger partial charge on any atom is 0.192 e. The number of benzene rings is 1. The smallest absolute Gasteiger partial charge is 0.192 e. The van der Waals surface area contributed by atoms with Crippen molar-refractivity contribution in [3.63, 3.8) is 0 Å². The normalized spacial score (nSPS) is 12.7. The first kappa shape index (κ1) is 19.1. The lowest BCUT2D eigenvalue weighted by atomic mass is 10.0. The number of nitrogens with zero attached hydrogens (tertiary/aromatic N) is 2. The van der Waals surface area contributed by atoms with Crippen LogP contribution in [0.2, 0.25) is 0 Å². The van der Waals surface area contributed by atoms with Gasteiger partial charge < -0.3 is 10.6 Å². The highest BCUT2D eigenvalue weighted by atomic mass is 15.2. The highest BCUT2D eigenvalue weighted by molar-refractivity contribution is 5.80. The van der Waals surface area contributed by atoms with Crippen molar-refractivity contribution < 1.29 is 0 Å². The van der Waals surface area contributed by atoms with Gasteiger partial charge >= 0.3 is 0 Å². The van der Waals surface area contributed by atoms with Gasteiger partial charge in [0.15, 0.2) is 5.96 Å². The van der Waals surface area contributed by atoms with Gasteiger partial charge in [0.25, 0.3) is 0 Å². The molecule has 0 fully saturated rings. The third kappa shape index (κ3) is 7.21. The average molecular weight is 314 g/mol. The molecule has 126 valence electrons. The molecule has 1 aromatic carbocycles. The van der Waals surface area contributed by atoms with Gasteiger partial charge in [0, 0.05) is 12.6 Å². The van der Waals surface area contributed by atoms with Crippen LogP contribution in [-0.4, -0.2) is 49.6 Å². The third-order valence-electron chi connectivity index (χ3n) is 3.81. The Morgan fingerprint density at radius 1 is 1.17 bits per heavy atom. The molecule has 0 heterocycles. The van der Waals surface area contributed by atoms with E-state index in [2.05, 4.69) is 72.6 Å². The Hall–Kier alpha value is -1.99. The van der Waals surface area contributed by atoms with Crippen LogP contribution in [0.4, 0.5) is 0 Å². The molecule has 1 aromatic rings. The number of aliphatic imine (C=N–C) groups is 1. The molecule has 23 heavy (non-hydrogen) atoms. The van der Waals surface area contributed by atoms with Crippen LogP contribution in [0.5, 0.6) is 0 Å². The van der Waals surface area contributed by atoms with Crippen LogP contribution in [0.25, 0.3) is 0 Å². The zero-order valence-electron chi connectivity index (χ0n) is 14.7. The van der Waals surface area contributed by atoms with E-state index in [9.17, 15) is 0 Å². The standard InChI is InChI=1S/C19H30N4/c1-5-14-21-19(20-6-2)22-16-18(23(7-3)8-4)15-17-12-10-9-11-13-17/h1,9-13,18H,6-8,14-16H2,2-4H3,(H2,20,21,22). The lowest BCUT2D eigenvalue weighted by molar-refractivity contribution is 0.220. The second-order valence-electron chi connectivity index (χ2n) is 5.34. The zero-order chi connectivity index (χ0) is 16.9. The van der Waals surface area contributed by atoms with E-state index in [0.29, 0.717) is 12.6 Å². The summed E-state index contributed by atoms with van der Waals surface area (Å²) < 4.78 is 0. The van der Waals surface area contributed by atoms with E-state index in [0.717, 1.165) is 38.6 Å². The SMILES string of the molecule is C#CCNC(=NCC(Cc1ccccc1)N(CC)CC)NCC. The Morgan fingerprint density at radius 3 is 2.43 bits per heavy atom. The molecule has 0 aliphatic rings. The van der Waals surface area contributed by atoms with Crippen LogP contribution in [0.1, 0.15) is 26.3 Å². The predicted octanol–water partition coefficient (Wildman–Crippen LogP) is 2.13. The van der Waals surface area contributed by atoms with Gasteiger partial charge in [0.1, 0.15) is 0 Å². The van der Waals surface area contributed by atoms with Crippen molar-refractivity contribution >= 4 is 5.96 Å². The molecule has 2 N–H and O–H groups in total. The van der Waals surface area contributed by atoms with E-state index in [1.54, 1.807) is 0 Å². The van der Waals surface area contributed by atoms with E-state index < -0.39 is 0 Å². The van der Waals surface area contributed by atoms with E-state index in [1.807, 2.05) is 0 Å². The first-order valence-corrected chi connectivity index (χ1v) is 8.48. The Labute approximate surface area is 141 Å². The molecule has 0 saturated heterocycles. The number of rotatable bonds is 9. The molecule has 1 unspecified atom stereocenters. The average Bonchev–Trinajstić information content (AvgIpc) is 2.59. The van der Waals surface area contributed by atoms with Gasteiger partial charge in [-0.05, 0) is 32.0 Å². The first-order chi connectivity index (χ1) is 11.2. The second-order valence-corrected chi connectivity index (χ2v) is 5.34.